The molecule has 1 aromatic carbocycles. The molecule has 0 aromatic heterocycles. The average Bonchev–Trinajstić information content (AvgIpc) is 2.87. The highest BCUT2D eigenvalue weighted by atomic mass is 16.6. The normalized spacial score (nSPS) is 17.8. The molecule has 0 saturated carbocycles. The average molecular weight is 545 g/mol. The number of carboxylic acid groups (broad SMARTS) is 2. The molecule has 0 bridgehead atoms. The topological polar surface area (TPSA) is 219 Å². The van der Waals surface area contributed by atoms with Crippen molar-refractivity contribution in [1.29, 1.82) is 0 Å². The number of carboxylic acids is 2. The number of carbonyl (C=O) groups excluding carboxylic acids is 3. The maximum Gasteiger partial charge on any atom is 0.303 e. The van der Waals surface area contributed by atoms with Crippen molar-refractivity contribution in [2.45, 2.75) is 64.0 Å². The molecule has 39 heavy (non-hydrogen) atoms. The zero-order chi connectivity index (χ0) is 29.2. The van der Waals surface area contributed by atoms with Crippen molar-refractivity contribution < 1.29 is 39.1 Å². The highest BCUT2D eigenvalue weighted by Crippen LogP contribution is 2.37. The number of nitro groups is 1. The van der Waals surface area contributed by atoms with Gasteiger partial charge >= 0.3 is 11.9 Å². The zero-order valence-corrected chi connectivity index (χ0v) is 21.4. The first-order valence-corrected chi connectivity index (χ1v) is 12.3. The third-order valence-electron chi connectivity index (χ3n) is 6.37. The number of primary amides is 1. The fourth-order valence-corrected chi connectivity index (χ4v) is 4.00. The van der Waals surface area contributed by atoms with Crippen LogP contribution >= 0.6 is 0 Å². The number of allylic oxidation sites excluding steroid dienone is 4. The maximum absolute atomic E-state index is 12.7. The molecule has 0 saturated heterocycles. The van der Waals surface area contributed by atoms with Crippen LogP contribution in [0.15, 0.2) is 42.5 Å². The molecule has 1 unspecified atom stereocenters. The van der Waals surface area contributed by atoms with Gasteiger partial charge in [-0.1, -0.05) is 37.3 Å². The highest BCUT2D eigenvalue weighted by Gasteiger charge is 2.28. The van der Waals surface area contributed by atoms with Crippen LogP contribution in [0.5, 0.6) is 0 Å². The highest BCUT2D eigenvalue weighted by molar-refractivity contribution is 5.92. The first kappa shape index (κ1) is 30.7. The minimum Gasteiger partial charge on any atom is -0.481 e. The lowest BCUT2D eigenvalue weighted by Gasteiger charge is -2.28. The Morgan fingerprint density at radius 1 is 1.05 bits per heavy atom. The van der Waals surface area contributed by atoms with Crippen LogP contribution in [-0.2, 0) is 24.0 Å². The molecule has 6 N–H and O–H groups in total. The summed E-state index contributed by atoms with van der Waals surface area (Å²) in [5.74, 6) is -4.69. The lowest BCUT2D eigenvalue weighted by Crippen LogP contribution is -2.53. The van der Waals surface area contributed by atoms with Gasteiger partial charge in [-0.25, -0.2) is 0 Å². The molecule has 1 aliphatic carbocycles. The van der Waals surface area contributed by atoms with Crippen molar-refractivity contribution in [1.82, 2.24) is 10.6 Å². The van der Waals surface area contributed by atoms with Gasteiger partial charge in [-0.3, -0.25) is 34.1 Å². The van der Waals surface area contributed by atoms with E-state index in [4.69, 9.17) is 15.9 Å². The third kappa shape index (κ3) is 10.0. The van der Waals surface area contributed by atoms with Crippen LogP contribution in [0.3, 0.4) is 0 Å². The summed E-state index contributed by atoms with van der Waals surface area (Å²) in [6, 6.07) is 3.71. The van der Waals surface area contributed by atoms with E-state index in [2.05, 4.69) is 10.6 Å². The Bertz CT molecular complexity index is 1190. The molecule has 2 rings (SSSR count). The molecule has 3 amide bonds. The number of nitrogens with one attached hydrogen (secondary N) is 2. The standard InChI is InChI=1S/C26H32N4O9/c1-26(12-9-16(10-13-26)17-3-2-4-18(15-17)30(38)39)14-11-21(31)28-20(6-8-23(34)35)25(37)29-19(24(27)36)5-7-22(32)33/h2-4,9-10,12,15,19-20H,5-8,11,13-14H2,1H3,(H2,27,36)(H,28,31)(H,29,37)(H,32,33)(H,34,35)/t19-,20-,26?/m0/s1. The van der Waals surface area contributed by atoms with Gasteiger partial charge in [0.25, 0.3) is 5.69 Å². The lowest BCUT2D eigenvalue weighted by molar-refractivity contribution is -0.384. The van der Waals surface area contributed by atoms with Gasteiger partial charge in [0, 0.05) is 31.4 Å². The van der Waals surface area contributed by atoms with Gasteiger partial charge in [0.2, 0.25) is 17.7 Å². The third-order valence-corrected chi connectivity index (χ3v) is 6.37. The van der Waals surface area contributed by atoms with E-state index in [0.717, 1.165) is 5.57 Å². The number of amides is 3. The summed E-state index contributed by atoms with van der Waals surface area (Å²) in [6.07, 6.45) is 5.29. The smallest absolute Gasteiger partial charge is 0.303 e. The minimum absolute atomic E-state index is 0.00986. The minimum atomic E-state index is -1.30. The number of nitrogens with two attached hydrogens (primary N) is 1. The molecule has 1 aromatic rings. The van der Waals surface area contributed by atoms with Crippen molar-refractivity contribution in [3.05, 3.63) is 58.2 Å². The number of non-ortho nitro benzene ring substituents is 1. The summed E-state index contributed by atoms with van der Waals surface area (Å²) < 4.78 is 0. The van der Waals surface area contributed by atoms with Crippen molar-refractivity contribution in [3.8, 4) is 0 Å². The van der Waals surface area contributed by atoms with Crippen LogP contribution < -0.4 is 16.4 Å². The molecule has 0 fully saturated rings. The number of aliphatic carboxylic acids is 2. The van der Waals surface area contributed by atoms with Crippen molar-refractivity contribution in [3.63, 3.8) is 0 Å². The van der Waals surface area contributed by atoms with Gasteiger partial charge in [-0.15, -0.1) is 0 Å². The van der Waals surface area contributed by atoms with E-state index in [-0.39, 0.29) is 24.9 Å². The van der Waals surface area contributed by atoms with E-state index in [0.29, 0.717) is 18.4 Å². The molecule has 0 heterocycles. The quantitative estimate of drug-likeness (QED) is 0.160. The number of rotatable bonds is 15. The summed E-state index contributed by atoms with van der Waals surface area (Å²) in [5.41, 5.74) is 6.33. The van der Waals surface area contributed by atoms with Crippen molar-refractivity contribution in [2.24, 2.45) is 11.1 Å². The monoisotopic (exact) mass is 544 g/mol. The molecule has 13 nitrogen and oxygen atoms in total. The van der Waals surface area contributed by atoms with E-state index >= 15 is 0 Å². The van der Waals surface area contributed by atoms with Crippen LogP contribution in [0.2, 0.25) is 0 Å². The molecule has 0 radical (unpaired) electrons. The Hall–Kier alpha value is -4.55. The van der Waals surface area contributed by atoms with Crippen LogP contribution in [0.25, 0.3) is 5.57 Å². The number of nitrogens with zero attached hydrogens (tertiary/aromatic N) is 1. The van der Waals surface area contributed by atoms with Crippen molar-refractivity contribution in [2.75, 3.05) is 0 Å². The number of benzene rings is 1. The van der Waals surface area contributed by atoms with Gasteiger partial charge in [0.15, 0.2) is 0 Å². The van der Waals surface area contributed by atoms with E-state index < -0.39 is 64.9 Å². The van der Waals surface area contributed by atoms with Gasteiger partial charge in [-0.05, 0) is 42.2 Å². The largest absolute Gasteiger partial charge is 0.481 e. The van der Waals surface area contributed by atoms with E-state index in [9.17, 15) is 34.1 Å². The zero-order valence-electron chi connectivity index (χ0n) is 21.4. The van der Waals surface area contributed by atoms with Crippen LogP contribution in [0.4, 0.5) is 5.69 Å². The number of nitro benzene ring substituents is 1. The Kier molecular flexibility index (Phi) is 10.9. The summed E-state index contributed by atoms with van der Waals surface area (Å²) in [4.78, 5) is 69.5. The lowest BCUT2D eigenvalue weighted by atomic mass is 9.77. The van der Waals surface area contributed by atoms with Gasteiger partial charge in [0.05, 0.1) is 4.92 Å². The first-order chi connectivity index (χ1) is 18.3. The Labute approximate surface area is 224 Å². The maximum atomic E-state index is 12.7. The van der Waals surface area contributed by atoms with Crippen LogP contribution in [0.1, 0.15) is 57.4 Å². The van der Waals surface area contributed by atoms with Gasteiger partial charge < -0.3 is 26.6 Å². The first-order valence-electron chi connectivity index (χ1n) is 12.3. The molecule has 13 heteroatoms. The van der Waals surface area contributed by atoms with E-state index in [1.54, 1.807) is 12.1 Å². The number of hydrogen-bond acceptors (Lipinski definition) is 7. The number of hydrogen-bond donors (Lipinski definition) is 5. The fourth-order valence-electron chi connectivity index (χ4n) is 4.00. The molecule has 0 aliphatic heterocycles. The second-order valence-electron chi connectivity index (χ2n) is 9.61. The molecule has 1 aliphatic rings. The molecular formula is C26H32N4O9. The predicted molar refractivity (Wildman–Crippen MR) is 139 cm³/mol. The predicted octanol–water partition coefficient (Wildman–Crippen LogP) is 1.91. The van der Waals surface area contributed by atoms with E-state index in [1.165, 1.54) is 12.1 Å². The summed E-state index contributed by atoms with van der Waals surface area (Å²) >= 11 is 0. The summed E-state index contributed by atoms with van der Waals surface area (Å²) in [6.45, 7) is 1.94. The Morgan fingerprint density at radius 3 is 2.23 bits per heavy atom. The van der Waals surface area contributed by atoms with Gasteiger partial charge in [-0.2, -0.15) is 0 Å². The fraction of sp³-hybridized carbons (Fsp3) is 0.423. The SMILES string of the molecule is CC1(CCC(=O)N[C@@H](CCC(=O)O)C(=O)N[C@@H](CCC(=O)O)C(N)=O)C=CC(c2cccc([N+](=O)[O-])c2)=CC1. The van der Waals surface area contributed by atoms with E-state index in [1.807, 2.05) is 25.2 Å². The molecular weight excluding hydrogens is 512 g/mol. The van der Waals surface area contributed by atoms with Gasteiger partial charge in [0.1, 0.15) is 12.1 Å². The number of carbonyl (C=O) groups is 5. The summed E-state index contributed by atoms with van der Waals surface area (Å²) in [7, 11) is 0. The second kappa shape index (κ2) is 13.8. The Morgan fingerprint density at radius 2 is 1.69 bits per heavy atom. The van der Waals surface area contributed by atoms with Crippen molar-refractivity contribution >= 4 is 40.9 Å². The second-order valence-corrected chi connectivity index (χ2v) is 9.61. The molecule has 210 valence electrons. The molecule has 3 atom stereocenters. The summed E-state index contributed by atoms with van der Waals surface area (Å²) in [5, 5.41) is 33.7. The Balaban J connectivity index is 1.99. The van der Waals surface area contributed by atoms with Crippen LogP contribution in [-0.4, -0.2) is 56.9 Å². The molecule has 0 spiro atoms. The van der Waals surface area contributed by atoms with Crippen LogP contribution in [0, 0.1) is 15.5 Å².